The molecule has 1 nitrogen and oxygen atoms in total. The first-order chi connectivity index (χ1) is 7.08. The molecule has 1 N–H and O–H groups in total. The standard InChI is InChI=1S/C13H18IN/c1-13(2)9-3-4-12(13)15-11-7-5-10(14)6-8-11/h5-8,12,15H,3-4,9H2,1-2H3. The predicted octanol–water partition coefficient (Wildman–Crippen LogP) is 4.28. The van der Waals surface area contributed by atoms with Crippen LogP contribution in [0.4, 0.5) is 5.69 Å². The van der Waals surface area contributed by atoms with E-state index in [-0.39, 0.29) is 0 Å². The molecule has 0 aliphatic heterocycles. The van der Waals surface area contributed by atoms with Gasteiger partial charge in [0.2, 0.25) is 0 Å². The van der Waals surface area contributed by atoms with Gasteiger partial charge in [-0.1, -0.05) is 20.3 Å². The number of hydrogen-bond acceptors (Lipinski definition) is 1. The molecule has 0 amide bonds. The van der Waals surface area contributed by atoms with Crippen LogP contribution in [0.2, 0.25) is 0 Å². The molecule has 0 bridgehead atoms. The maximum Gasteiger partial charge on any atom is 0.0343 e. The van der Waals surface area contributed by atoms with Crippen molar-refractivity contribution < 1.29 is 0 Å². The predicted molar refractivity (Wildman–Crippen MR) is 74.2 cm³/mol. The lowest BCUT2D eigenvalue weighted by Gasteiger charge is -2.28. The number of anilines is 1. The Morgan fingerprint density at radius 1 is 1.27 bits per heavy atom. The lowest BCUT2D eigenvalue weighted by Crippen LogP contribution is -2.30. The Bertz CT molecular complexity index is 329. The van der Waals surface area contributed by atoms with Crippen molar-refractivity contribution in [1.29, 1.82) is 0 Å². The molecule has 0 heterocycles. The highest BCUT2D eigenvalue weighted by Gasteiger charge is 2.34. The number of benzene rings is 1. The Kier molecular flexibility index (Phi) is 3.24. The van der Waals surface area contributed by atoms with E-state index in [9.17, 15) is 0 Å². The Hall–Kier alpha value is -0.250. The summed E-state index contributed by atoms with van der Waals surface area (Å²) in [6.45, 7) is 4.73. The van der Waals surface area contributed by atoms with Crippen LogP contribution in [-0.4, -0.2) is 6.04 Å². The van der Waals surface area contributed by atoms with Gasteiger partial charge in [0.15, 0.2) is 0 Å². The first-order valence-electron chi connectivity index (χ1n) is 5.60. The summed E-state index contributed by atoms with van der Waals surface area (Å²) in [5.41, 5.74) is 1.71. The summed E-state index contributed by atoms with van der Waals surface area (Å²) in [4.78, 5) is 0. The first-order valence-corrected chi connectivity index (χ1v) is 6.68. The van der Waals surface area contributed by atoms with E-state index in [0.29, 0.717) is 11.5 Å². The summed E-state index contributed by atoms with van der Waals surface area (Å²) < 4.78 is 1.30. The van der Waals surface area contributed by atoms with Crippen LogP contribution in [0.5, 0.6) is 0 Å². The van der Waals surface area contributed by atoms with Gasteiger partial charge in [0.25, 0.3) is 0 Å². The van der Waals surface area contributed by atoms with Gasteiger partial charge in [-0.15, -0.1) is 0 Å². The molecule has 15 heavy (non-hydrogen) atoms. The zero-order chi connectivity index (χ0) is 10.9. The van der Waals surface area contributed by atoms with E-state index in [1.54, 1.807) is 0 Å². The topological polar surface area (TPSA) is 12.0 Å². The molecule has 0 spiro atoms. The molecule has 1 fully saturated rings. The Morgan fingerprint density at radius 3 is 2.47 bits per heavy atom. The molecule has 1 saturated carbocycles. The highest BCUT2D eigenvalue weighted by atomic mass is 127. The largest absolute Gasteiger partial charge is 0.382 e. The molecule has 1 atom stereocenters. The van der Waals surface area contributed by atoms with Crippen LogP contribution in [-0.2, 0) is 0 Å². The van der Waals surface area contributed by atoms with Crippen molar-refractivity contribution in [3.63, 3.8) is 0 Å². The quantitative estimate of drug-likeness (QED) is 0.803. The normalized spacial score (nSPS) is 24.1. The van der Waals surface area contributed by atoms with Crippen molar-refractivity contribution >= 4 is 28.3 Å². The number of rotatable bonds is 2. The molecule has 0 saturated heterocycles. The molecule has 82 valence electrons. The molecule has 1 unspecified atom stereocenters. The van der Waals surface area contributed by atoms with Crippen molar-refractivity contribution in [2.75, 3.05) is 5.32 Å². The molecule has 0 aromatic heterocycles. The summed E-state index contributed by atoms with van der Waals surface area (Å²) in [7, 11) is 0. The van der Waals surface area contributed by atoms with E-state index in [0.717, 1.165) is 0 Å². The zero-order valence-corrected chi connectivity index (χ0v) is 11.5. The third-order valence-corrected chi connectivity index (χ3v) is 4.16. The fourth-order valence-corrected chi connectivity index (χ4v) is 2.70. The van der Waals surface area contributed by atoms with E-state index in [1.807, 2.05) is 0 Å². The molecular weight excluding hydrogens is 297 g/mol. The summed E-state index contributed by atoms with van der Waals surface area (Å²) in [6.07, 6.45) is 4.00. The van der Waals surface area contributed by atoms with Gasteiger partial charge < -0.3 is 5.32 Å². The van der Waals surface area contributed by atoms with E-state index < -0.39 is 0 Å². The third kappa shape index (κ3) is 2.65. The van der Waals surface area contributed by atoms with Crippen LogP contribution in [0.15, 0.2) is 24.3 Å². The second-order valence-corrected chi connectivity index (χ2v) is 6.33. The van der Waals surface area contributed by atoms with Crippen LogP contribution in [0.1, 0.15) is 33.1 Å². The van der Waals surface area contributed by atoms with Crippen LogP contribution < -0.4 is 5.32 Å². The summed E-state index contributed by atoms with van der Waals surface area (Å²) in [5, 5.41) is 3.66. The first kappa shape index (κ1) is 11.2. The van der Waals surface area contributed by atoms with Crippen molar-refractivity contribution in [1.82, 2.24) is 0 Å². The zero-order valence-electron chi connectivity index (χ0n) is 9.39. The van der Waals surface area contributed by atoms with Crippen molar-refractivity contribution in [2.24, 2.45) is 5.41 Å². The highest BCUT2D eigenvalue weighted by molar-refractivity contribution is 14.1. The lowest BCUT2D eigenvalue weighted by atomic mass is 9.87. The summed E-state index contributed by atoms with van der Waals surface area (Å²) >= 11 is 2.34. The molecule has 1 aromatic carbocycles. The van der Waals surface area contributed by atoms with E-state index in [4.69, 9.17) is 0 Å². The average Bonchev–Trinajstić information content (AvgIpc) is 2.50. The molecule has 0 radical (unpaired) electrons. The SMILES string of the molecule is CC1(C)CCCC1Nc1ccc(I)cc1. The maximum absolute atomic E-state index is 3.66. The minimum Gasteiger partial charge on any atom is -0.382 e. The van der Waals surface area contributed by atoms with Gasteiger partial charge in [-0.2, -0.15) is 0 Å². The number of hydrogen-bond donors (Lipinski definition) is 1. The molecule has 1 aliphatic carbocycles. The second-order valence-electron chi connectivity index (χ2n) is 5.08. The molecular formula is C13H18IN. The Labute approximate surface area is 106 Å². The van der Waals surface area contributed by atoms with Gasteiger partial charge >= 0.3 is 0 Å². The fraction of sp³-hybridized carbons (Fsp3) is 0.538. The van der Waals surface area contributed by atoms with Crippen molar-refractivity contribution in [3.05, 3.63) is 27.8 Å². The molecule has 2 heteroatoms. The van der Waals surface area contributed by atoms with Gasteiger partial charge in [-0.3, -0.25) is 0 Å². The smallest absolute Gasteiger partial charge is 0.0343 e. The minimum atomic E-state index is 0.447. The second kappa shape index (κ2) is 4.32. The minimum absolute atomic E-state index is 0.447. The highest BCUT2D eigenvalue weighted by Crippen LogP contribution is 2.38. The van der Waals surface area contributed by atoms with Crippen LogP contribution in [0, 0.1) is 8.99 Å². The molecule has 1 aliphatic rings. The van der Waals surface area contributed by atoms with Crippen LogP contribution >= 0.6 is 22.6 Å². The van der Waals surface area contributed by atoms with Crippen molar-refractivity contribution in [2.45, 2.75) is 39.2 Å². The van der Waals surface area contributed by atoms with Gasteiger partial charge in [-0.25, -0.2) is 0 Å². The number of nitrogens with one attached hydrogen (secondary N) is 1. The monoisotopic (exact) mass is 315 g/mol. The van der Waals surface area contributed by atoms with Gasteiger partial charge in [0.1, 0.15) is 0 Å². The van der Waals surface area contributed by atoms with Gasteiger partial charge in [0, 0.05) is 15.3 Å². The van der Waals surface area contributed by atoms with Crippen LogP contribution in [0.25, 0.3) is 0 Å². The third-order valence-electron chi connectivity index (χ3n) is 3.44. The average molecular weight is 315 g/mol. The molecule has 1 aromatic rings. The van der Waals surface area contributed by atoms with Crippen molar-refractivity contribution in [3.8, 4) is 0 Å². The summed E-state index contributed by atoms with van der Waals surface area (Å²) in [5.74, 6) is 0. The maximum atomic E-state index is 3.66. The fourth-order valence-electron chi connectivity index (χ4n) is 2.34. The van der Waals surface area contributed by atoms with E-state index in [2.05, 4.69) is 66.0 Å². The van der Waals surface area contributed by atoms with E-state index >= 15 is 0 Å². The van der Waals surface area contributed by atoms with Gasteiger partial charge in [0.05, 0.1) is 0 Å². The Morgan fingerprint density at radius 2 is 1.93 bits per heavy atom. The van der Waals surface area contributed by atoms with E-state index in [1.165, 1.54) is 28.5 Å². The van der Waals surface area contributed by atoms with Gasteiger partial charge in [-0.05, 0) is 65.1 Å². The lowest BCUT2D eigenvalue weighted by molar-refractivity contribution is 0.350. The molecule has 2 rings (SSSR count). The number of halogens is 1. The summed E-state index contributed by atoms with van der Waals surface area (Å²) in [6, 6.07) is 9.31. The Balaban J connectivity index is 2.06. The van der Waals surface area contributed by atoms with Crippen LogP contribution in [0.3, 0.4) is 0 Å².